The molecule has 1 nitrogen and oxygen atoms in total. The molecule has 0 aromatic rings. The van der Waals surface area contributed by atoms with Crippen LogP contribution in [0.2, 0.25) is 0 Å². The second-order valence-electron chi connectivity index (χ2n) is 3.74. The number of thiol groups is 1. The van der Waals surface area contributed by atoms with E-state index in [1.54, 1.807) is 6.08 Å². The van der Waals surface area contributed by atoms with Crippen LogP contribution in [0.1, 0.15) is 19.8 Å². The van der Waals surface area contributed by atoms with Crippen molar-refractivity contribution < 1.29 is 0 Å². The van der Waals surface area contributed by atoms with Gasteiger partial charge >= 0.3 is 0 Å². The van der Waals surface area contributed by atoms with E-state index in [9.17, 15) is 0 Å². The fourth-order valence-electron chi connectivity index (χ4n) is 1.40. The molecule has 1 N–H and O–H groups in total. The molecule has 0 bridgehead atoms. The largest absolute Gasteiger partial charge is 0.302 e. The van der Waals surface area contributed by atoms with Gasteiger partial charge in [0.05, 0.1) is 5.37 Å². The number of hydrogen-bond acceptors (Lipinski definition) is 2. The minimum absolute atomic E-state index is 0.113. The Morgan fingerprint density at radius 3 is 3.14 bits per heavy atom. The molecule has 0 saturated carbocycles. The first kappa shape index (κ1) is 11.6. The third kappa shape index (κ3) is 4.16. The van der Waals surface area contributed by atoms with Crippen LogP contribution < -0.4 is 5.32 Å². The van der Waals surface area contributed by atoms with Crippen LogP contribution in [0.3, 0.4) is 0 Å². The maximum absolute atomic E-state index is 4.28. The van der Waals surface area contributed by atoms with Crippen LogP contribution in [0.15, 0.2) is 36.5 Å². The van der Waals surface area contributed by atoms with E-state index in [-0.39, 0.29) is 5.37 Å². The van der Waals surface area contributed by atoms with Crippen molar-refractivity contribution in [2.24, 2.45) is 5.92 Å². The second-order valence-corrected chi connectivity index (χ2v) is 4.29. The van der Waals surface area contributed by atoms with E-state index in [0.29, 0.717) is 5.92 Å². The van der Waals surface area contributed by atoms with E-state index in [0.717, 1.165) is 13.0 Å². The first-order chi connectivity index (χ1) is 6.72. The van der Waals surface area contributed by atoms with Crippen LogP contribution in [0.5, 0.6) is 0 Å². The maximum atomic E-state index is 4.28. The van der Waals surface area contributed by atoms with Crippen LogP contribution in [0.25, 0.3) is 0 Å². The summed E-state index contributed by atoms with van der Waals surface area (Å²) in [5.74, 6) is 0.706. The van der Waals surface area contributed by atoms with Crippen molar-refractivity contribution in [3.05, 3.63) is 36.5 Å². The molecule has 1 aliphatic carbocycles. The van der Waals surface area contributed by atoms with Gasteiger partial charge < -0.3 is 5.32 Å². The van der Waals surface area contributed by atoms with Crippen LogP contribution in [-0.4, -0.2) is 11.9 Å². The molecule has 0 aliphatic heterocycles. The summed E-state index contributed by atoms with van der Waals surface area (Å²) in [6.07, 6.45) is 10.9. The fraction of sp³-hybridized carbons (Fsp3) is 0.500. The molecule has 2 unspecified atom stereocenters. The first-order valence-electron chi connectivity index (χ1n) is 5.13. The predicted octanol–water partition coefficient (Wildman–Crippen LogP) is 2.93. The van der Waals surface area contributed by atoms with E-state index >= 15 is 0 Å². The molecule has 0 fully saturated rings. The van der Waals surface area contributed by atoms with Crippen LogP contribution in [-0.2, 0) is 0 Å². The molecule has 14 heavy (non-hydrogen) atoms. The molecular weight excluding hydrogens is 190 g/mol. The van der Waals surface area contributed by atoms with E-state index in [4.69, 9.17) is 0 Å². The zero-order valence-corrected chi connectivity index (χ0v) is 9.63. The topological polar surface area (TPSA) is 12.0 Å². The Labute approximate surface area is 92.4 Å². The van der Waals surface area contributed by atoms with Gasteiger partial charge in [-0.3, -0.25) is 0 Å². The standard InChI is InChI=1S/C12H19NS/c1-3-12(14)13-9-8-11-6-4-10(2)5-7-11/h3-4,6-7,10,12-14H,1,5,8-9H2,2H3. The van der Waals surface area contributed by atoms with Gasteiger partial charge in [0.2, 0.25) is 0 Å². The molecule has 78 valence electrons. The minimum atomic E-state index is 0.113. The lowest BCUT2D eigenvalue weighted by molar-refractivity contribution is 0.695. The summed E-state index contributed by atoms with van der Waals surface area (Å²) in [6.45, 7) is 6.87. The van der Waals surface area contributed by atoms with E-state index < -0.39 is 0 Å². The minimum Gasteiger partial charge on any atom is -0.302 e. The monoisotopic (exact) mass is 209 g/mol. The average Bonchev–Trinajstić information content (AvgIpc) is 2.21. The lowest BCUT2D eigenvalue weighted by Gasteiger charge is -2.13. The van der Waals surface area contributed by atoms with Crippen molar-refractivity contribution >= 4 is 12.6 Å². The Bertz CT molecular complexity index is 243. The average molecular weight is 209 g/mol. The lowest BCUT2D eigenvalue weighted by atomic mass is 9.97. The van der Waals surface area contributed by atoms with Crippen LogP contribution in [0.4, 0.5) is 0 Å². The molecule has 0 saturated heterocycles. The van der Waals surface area contributed by atoms with Crippen molar-refractivity contribution in [2.75, 3.05) is 6.54 Å². The highest BCUT2D eigenvalue weighted by Crippen LogP contribution is 2.17. The van der Waals surface area contributed by atoms with Crippen molar-refractivity contribution in [1.29, 1.82) is 0 Å². The van der Waals surface area contributed by atoms with Gasteiger partial charge in [-0.2, -0.15) is 12.6 Å². The maximum Gasteiger partial charge on any atom is 0.0686 e. The number of rotatable bonds is 5. The van der Waals surface area contributed by atoms with Gasteiger partial charge in [-0.25, -0.2) is 0 Å². The predicted molar refractivity (Wildman–Crippen MR) is 66.6 cm³/mol. The molecule has 0 heterocycles. The van der Waals surface area contributed by atoms with Gasteiger partial charge in [0.1, 0.15) is 0 Å². The van der Waals surface area contributed by atoms with Crippen molar-refractivity contribution in [3.8, 4) is 0 Å². The van der Waals surface area contributed by atoms with Gasteiger partial charge in [-0.05, 0) is 18.8 Å². The highest BCUT2D eigenvalue weighted by Gasteiger charge is 2.03. The van der Waals surface area contributed by atoms with Crippen molar-refractivity contribution in [3.63, 3.8) is 0 Å². The number of hydrogen-bond donors (Lipinski definition) is 2. The fourth-order valence-corrected chi connectivity index (χ4v) is 1.53. The molecule has 1 rings (SSSR count). The third-order valence-corrected chi connectivity index (χ3v) is 2.77. The van der Waals surface area contributed by atoms with Crippen LogP contribution in [0, 0.1) is 5.92 Å². The molecule has 2 atom stereocenters. The zero-order chi connectivity index (χ0) is 10.4. The SMILES string of the molecule is C=CC(S)NCCC1=CCC(C)C=C1. The van der Waals surface area contributed by atoms with Gasteiger partial charge in [-0.15, -0.1) is 6.58 Å². The Morgan fingerprint density at radius 1 is 1.79 bits per heavy atom. The summed E-state index contributed by atoms with van der Waals surface area (Å²) < 4.78 is 0. The normalized spacial score (nSPS) is 23.0. The summed E-state index contributed by atoms with van der Waals surface area (Å²) in [4.78, 5) is 0. The van der Waals surface area contributed by atoms with Crippen LogP contribution >= 0.6 is 12.6 Å². The van der Waals surface area contributed by atoms with E-state index in [2.05, 4.69) is 49.7 Å². The highest BCUT2D eigenvalue weighted by molar-refractivity contribution is 7.81. The zero-order valence-electron chi connectivity index (χ0n) is 8.74. The second kappa shape index (κ2) is 6.10. The summed E-state index contributed by atoms with van der Waals surface area (Å²) >= 11 is 4.28. The Kier molecular flexibility index (Phi) is 5.05. The molecule has 0 aromatic heterocycles. The summed E-state index contributed by atoms with van der Waals surface area (Å²) in [7, 11) is 0. The smallest absolute Gasteiger partial charge is 0.0686 e. The van der Waals surface area contributed by atoms with E-state index in [1.165, 1.54) is 12.0 Å². The summed E-state index contributed by atoms with van der Waals surface area (Å²) in [5.41, 5.74) is 1.43. The Hall–Kier alpha value is -0.470. The Balaban J connectivity index is 2.20. The summed E-state index contributed by atoms with van der Waals surface area (Å²) in [6, 6.07) is 0. The number of nitrogens with one attached hydrogen (secondary N) is 1. The number of allylic oxidation sites excluding steroid dienone is 3. The molecule has 0 amide bonds. The molecular formula is C12H19NS. The van der Waals surface area contributed by atoms with E-state index in [1.807, 2.05) is 0 Å². The lowest BCUT2D eigenvalue weighted by Crippen LogP contribution is -2.23. The first-order valence-corrected chi connectivity index (χ1v) is 5.65. The molecule has 1 aliphatic rings. The molecule has 0 radical (unpaired) electrons. The third-order valence-electron chi connectivity index (χ3n) is 2.38. The van der Waals surface area contributed by atoms with Crippen molar-refractivity contribution in [1.82, 2.24) is 5.32 Å². The quantitative estimate of drug-likeness (QED) is 0.403. The van der Waals surface area contributed by atoms with Gasteiger partial charge in [0.15, 0.2) is 0 Å². The van der Waals surface area contributed by atoms with Gasteiger partial charge in [0, 0.05) is 6.54 Å². The molecule has 0 aromatic carbocycles. The van der Waals surface area contributed by atoms with Gasteiger partial charge in [0.25, 0.3) is 0 Å². The van der Waals surface area contributed by atoms with Gasteiger partial charge in [-0.1, -0.05) is 36.8 Å². The Morgan fingerprint density at radius 2 is 2.57 bits per heavy atom. The van der Waals surface area contributed by atoms with Crippen molar-refractivity contribution in [2.45, 2.75) is 25.1 Å². The highest BCUT2D eigenvalue weighted by atomic mass is 32.1. The molecule has 0 spiro atoms. The summed E-state index contributed by atoms with van der Waals surface area (Å²) in [5, 5.41) is 3.38. The molecule has 2 heteroatoms.